The Morgan fingerprint density at radius 3 is 2.52 bits per heavy atom. The molecule has 1 fully saturated rings. The van der Waals surface area contributed by atoms with E-state index in [4.69, 9.17) is 5.73 Å². The van der Waals surface area contributed by atoms with Gasteiger partial charge in [-0.3, -0.25) is 0 Å². The van der Waals surface area contributed by atoms with Crippen LogP contribution in [-0.2, 0) is 10.0 Å². The first-order chi connectivity index (χ1) is 9.92. The molecule has 0 heterocycles. The number of benzene rings is 1. The van der Waals surface area contributed by atoms with E-state index in [-0.39, 0.29) is 10.9 Å². The van der Waals surface area contributed by atoms with E-state index in [1.165, 1.54) is 18.9 Å². The highest BCUT2D eigenvalue weighted by Gasteiger charge is 2.25. The molecular formula is C15H23BrN2O2S. The number of rotatable bonds is 5. The van der Waals surface area contributed by atoms with E-state index in [2.05, 4.69) is 27.6 Å². The van der Waals surface area contributed by atoms with Crippen LogP contribution in [0.15, 0.2) is 27.6 Å². The third kappa shape index (κ3) is 4.44. The molecule has 0 saturated heterocycles. The number of hydrogen-bond donors (Lipinski definition) is 2. The van der Waals surface area contributed by atoms with Crippen LogP contribution in [-0.4, -0.2) is 14.5 Å². The van der Waals surface area contributed by atoms with E-state index >= 15 is 0 Å². The SMILES string of the molecule is CCCC1CCC(NS(=O)(=O)c2ccc(Br)c(N)c2)CC1. The highest BCUT2D eigenvalue weighted by Crippen LogP contribution is 2.29. The molecule has 1 aromatic rings. The second-order valence-electron chi connectivity index (χ2n) is 5.81. The maximum absolute atomic E-state index is 12.4. The minimum Gasteiger partial charge on any atom is -0.398 e. The Bertz CT molecular complexity index is 581. The second kappa shape index (κ2) is 7.11. The Morgan fingerprint density at radius 2 is 1.95 bits per heavy atom. The van der Waals surface area contributed by atoms with Crippen molar-refractivity contribution in [1.82, 2.24) is 4.72 Å². The number of sulfonamides is 1. The van der Waals surface area contributed by atoms with E-state index in [1.54, 1.807) is 12.1 Å². The van der Waals surface area contributed by atoms with Gasteiger partial charge in [0.05, 0.1) is 4.90 Å². The van der Waals surface area contributed by atoms with Gasteiger partial charge in [0.2, 0.25) is 10.0 Å². The molecular weight excluding hydrogens is 352 g/mol. The van der Waals surface area contributed by atoms with Crippen LogP contribution in [0.5, 0.6) is 0 Å². The smallest absolute Gasteiger partial charge is 0.240 e. The number of halogens is 1. The third-order valence-electron chi connectivity index (χ3n) is 4.14. The second-order valence-corrected chi connectivity index (χ2v) is 8.38. The van der Waals surface area contributed by atoms with Crippen molar-refractivity contribution in [3.63, 3.8) is 0 Å². The predicted octanol–water partition coefficient (Wildman–Crippen LogP) is 3.67. The zero-order chi connectivity index (χ0) is 15.5. The lowest BCUT2D eigenvalue weighted by Crippen LogP contribution is -2.37. The molecule has 1 aromatic carbocycles. The van der Waals surface area contributed by atoms with Crippen LogP contribution in [0, 0.1) is 5.92 Å². The lowest BCUT2D eigenvalue weighted by atomic mass is 9.84. The maximum atomic E-state index is 12.4. The highest BCUT2D eigenvalue weighted by atomic mass is 79.9. The zero-order valence-electron chi connectivity index (χ0n) is 12.3. The molecule has 6 heteroatoms. The third-order valence-corrected chi connectivity index (χ3v) is 6.38. The summed E-state index contributed by atoms with van der Waals surface area (Å²) in [5, 5.41) is 0. The Morgan fingerprint density at radius 1 is 1.29 bits per heavy atom. The summed E-state index contributed by atoms with van der Waals surface area (Å²) in [6, 6.07) is 4.79. The molecule has 21 heavy (non-hydrogen) atoms. The van der Waals surface area contributed by atoms with Crippen LogP contribution >= 0.6 is 15.9 Å². The largest absolute Gasteiger partial charge is 0.398 e. The Kier molecular flexibility index (Phi) is 5.68. The average Bonchev–Trinajstić information content (AvgIpc) is 2.44. The summed E-state index contributed by atoms with van der Waals surface area (Å²) in [6.07, 6.45) is 6.54. The molecule has 1 aliphatic rings. The Balaban J connectivity index is 2.00. The molecule has 0 aromatic heterocycles. The Labute approximate surface area is 135 Å². The van der Waals surface area contributed by atoms with Crippen molar-refractivity contribution in [3.8, 4) is 0 Å². The van der Waals surface area contributed by atoms with Crippen LogP contribution in [0.3, 0.4) is 0 Å². The lowest BCUT2D eigenvalue weighted by molar-refractivity contribution is 0.297. The first-order valence-electron chi connectivity index (χ1n) is 7.49. The predicted molar refractivity (Wildman–Crippen MR) is 89.5 cm³/mol. The molecule has 0 bridgehead atoms. The van der Waals surface area contributed by atoms with Gasteiger partial charge >= 0.3 is 0 Å². The van der Waals surface area contributed by atoms with Gasteiger partial charge in [0.25, 0.3) is 0 Å². The molecule has 118 valence electrons. The van der Waals surface area contributed by atoms with E-state index < -0.39 is 10.0 Å². The minimum absolute atomic E-state index is 0.0491. The van der Waals surface area contributed by atoms with Gasteiger partial charge in [0.15, 0.2) is 0 Å². The minimum atomic E-state index is -3.48. The van der Waals surface area contributed by atoms with Gasteiger partial charge in [-0.25, -0.2) is 13.1 Å². The fourth-order valence-electron chi connectivity index (χ4n) is 2.95. The molecule has 2 rings (SSSR count). The first kappa shape index (κ1) is 16.8. The van der Waals surface area contributed by atoms with Crippen molar-refractivity contribution in [2.75, 3.05) is 5.73 Å². The molecule has 0 aliphatic heterocycles. The van der Waals surface area contributed by atoms with Crippen molar-refractivity contribution >= 4 is 31.6 Å². The van der Waals surface area contributed by atoms with Gasteiger partial charge in [0, 0.05) is 16.2 Å². The highest BCUT2D eigenvalue weighted by molar-refractivity contribution is 9.10. The first-order valence-corrected chi connectivity index (χ1v) is 9.77. The van der Waals surface area contributed by atoms with Gasteiger partial charge < -0.3 is 5.73 Å². The molecule has 0 radical (unpaired) electrons. The molecule has 0 atom stereocenters. The summed E-state index contributed by atoms with van der Waals surface area (Å²) in [5.41, 5.74) is 6.20. The number of nitrogens with one attached hydrogen (secondary N) is 1. The maximum Gasteiger partial charge on any atom is 0.240 e. The van der Waals surface area contributed by atoms with Gasteiger partial charge in [-0.15, -0.1) is 0 Å². The van der Waals surface area contributed by atoms with Crippen LogP contribution in [0.25, 0.3) is 0 Å². The van der Waals surface area contributed by atoms with E-state index in [9.17, 15) is 8.42 Å². The van der Waals surface area contributed by atoms with Crippen molar-refractivity contribution in [3.05, 3.63) is 22.7 Å². The van der Waals surface area contributed by atoms with Crippen molar-refractivity contribution in [1.29, 1.82) is 0 Å². The summed E-state index contributed by atoms with van der Waals surface area (Å²) in [6.45, 7) is 2.20. The number of anilines is 1. The van der Waals surface area contributed by atoms with Crippen LogP contribution in [0.4, 0.5) is 5.69 Å². The summed E-state index contributed by atoms with van der Waals surface area (Å²) >= 11 is 3.28. The van der Waals surface area contributed by atoms with Crippen LogP contribution < -0.4 is 10.5 Å². The fourth-order valence-corrected chi connectivity index (χ4v) is 4.54. The zero-order valence-corrected chi connectivity index (χ0v) is 14.7. The van der Waals surface area contributed by atoms with Crippen molar-refractivity contribution in [2.45, 2.75) is 56.4 Å². The number of hydrogen-bond acceptors (Lipinski definition) is 3. The molecule has 1 saturated carbocycles. The van der Waals surface area contributed by atoms with Crippen molar-refractivity contribution in [2.24, 2.45) is 5.92 Å². The van der Waals surface area contributed by atoms with E-state index in [1.807, 2.05) is 0 Å². The van der Waals surface area contributed by atoms with Gasteiger partial charge in [-0.1, -0.05) is 19.8 Å². The summed E-state index contributed by atoms with van der Waals surface area (Å²) in [7, 11) is -3.48. The molecule has 4 nitrogen and oxygen atoms in total. The fraction of sp³-hybridized carbons (Fsp3) is 0.600. The molecule has 0 spiro atoms. The van der Waals surface area contributed by atoms with Crippen LogP contribution in [0.2, 0.25) is 0 Å². The normalized spacial score (nSPS) is 23.1. The molecule has 0 unspecified atom stereocenters. The quantitative estimate of drug-likeness (QED) is 0.772. The van der Waals surface area contributed by atoms with Crippen molar-refractivity contribution < 1.29 is 8.42 Å². The van der Waals surface area contributed by atoms with Gasteiger partial charge in [-0.2, -0.15) is 0 Å². The standard InChI is InChI=1S/C15H23BrN2O2S/c1-2-3-11-4-6-12(7-5-11)18-21(19,20)13-8-9-14(16)15(17)10-13/h8-12,18H,2-7,17H2,1H3. The number of nitrogens with two attached hydrogens (primary N) is 1. The Hall–Kier alpha value is -0.590. The molecule has 0 amide bonds. The summed E-state index contributed by atoms with van der Waals surface area (Å²) in [4.78, 5) is 0.235. The van der Waals surface area contributed by atoms with E-state index in [0.29, 0.717) is 10.2 Å². The van der Waals surface area contributed by atoms with Gasteiger partial charge in [0.1, 0.15) is 0 Å². The van der Waals surface area contributed by atoms with Gasteiger partial charge in [-0.05, 0) is 65.7 Å². The van der Waals surface area contributed by atoms with E-state index in [0.717, 1.165) is 31.6 Å². The molecule has 1 aliphatic carbocycles. The monoisotopic (exact) mass is 374 g/mol. The van der Waals surface area contributed by atoms with Crippen LogP contribution in [0.1, 0.15) is 45.4 Å². The average molecular weight is 375 g/mol. The molecule has 3 N–H and O–H groups in total. The summed E-state index contributed by atoms with van der Waals surface area (Å²) < 4.78 is 28.3. The number of nitrogen functional groups attached to an aromatic ring is 1. The lowest BCUT2D eigenvalue weighted by Gasteiger charge is -2.28. The summed E-state index contributed by atoms with van der Waals surface area (Å²) in [5.74, 6) is 0.763. The topological polar surface area (TPSA) is 72.2 Å².